The monoisotopic (exact) mass is 212 g/mol. The van der Waals surface area contributed by atoms with Crippen LogP contribution in [0.15, 0.2) is 12.3 Å². The number of carbonyl (C=O) groups is 1. The van der Waals surface area contributed by atoms with Gasteiger partial charge in [0.05, 0.1) is 19.6 Å². The van der Waals surface area contributed by atoms with Crippen molar-refractivity contribution < 1.29 is 9.53 Å². The van der Waals surface area contributed by atoms with E-state index >= 15 is 0 Å². The first-order chi connectivity index (χ1) is 6.77. The van der Waals surface area contributed by atoms with Crippen LogP contribution in [0.2, 0.25) is 0 Å². The molecule has 5 heteroatoms. The van der Waals surface area contributed by atoms with E-state index in [-0.39, 0.29) is 5.91 Å². The Morgan fingerprint density at radius 3 is 2.71 bits per heavy atom. The van der Waals surface area contributed by atoms with E-state index in [1.54, 1.807) is 11.2 Å². The molecule has 0 spiro atoms. The van der Waals surface area contributed by atoms with Crippen LogP contribution in [-0.2, 0) is 9.53 Å². The van der Waals surface area contributed by atoms with E-state index in [4.69, 9.17) is 17.0 Å². The van der Waals surface area contributed by atoms with E-state index in [9.17, 15) is 4.79 Å². The largest absolute Gasteiger partial charge is 0.379 e. The van der Waals surface area contributed by atoms with Gasteiger partial charge in [-0.05, 0) is 6.08 Å². The van der Waals surface area contributed by atoms with E-state index in [1.165, 1.54) is 0 Å². The van der Waals surface area contributed by atoms with Crippen LogP contribution < -0.4 is 0 Å². The zero-order chi connectivity index (χ0) is 9.97. The molecule has 0 N–H and O–H groups in total. The maximum Gasteiger partial charge on any atom is 0.246 e. The highest BCUT2D eigenvalue weighted by atomic mass is 32.1. The molecule has 0 unspecified atom stereocenters. The smallest absolute Gasteiger partial charge is 0.246 e. The lowest BCUT2D eigenvalue weighted by atomic mass is 10.2. The van der Waals surface area contributed by atoms with Gasteiger partial charge in [0.25, 0.3) is 0 Å². The average molecular weight is 212 g/mol. The van der Waals surface area contributed by atoms with Gasteiger partial charge < -0.3 is 4.74 Å². The summed E-state index contributed by atoms with van der Waals surface area (Å²) in [5.41, 5.74) is 0. The van der Waals surface area contributed by atoms with Gasteiger partial charge in [0, 0.05) is 24.2 Å². The van der Waals surface area contributed by atoms with Gasteiger partial charge >= 0.3 is 0 Å². The van der Waals surface area contributed by atoms with E-state index in [0.717, 1.165) is 13.1 Å². The highest BCUT2D eigenvalue weighted by Crippen LogP contribution is 2.11. The van der Waals surface area contributed by atoms with E-state index in [0.29, 0.717) is 24.5 Å². The molecule has 0 bridgehead atoms. The minimum absolute atomic E-state index is 0.0550. The van der Waals surface area contributed by atoms with Gasteiger partial charge in [0.1, 0.15) is 0 Å². The lowest BCUT2D eigenvalue weighted by molar-refractivity contribution is -0.147. The SMILES string of the molecule is O=C1CC(=S)C=CN1N1CCOCC1. The molecule has 14 heavy (non-hydrogen) atoms. The standard InChI is InChI=1S/C9H12N2O2S/c12-9-7-8(14)1-2-11(9)10-3-5-13-6-4-10/h1-2H,3-7H2. The van der Waals surface area contributed by atoms with Gasteiger partial charge in [0.2, 0.25) is 5.91 Å². The van der Waals surface area contributed by atoms with Crippen molar-refractivity contribution in [3.63, 3.8) is 0 Å². The zero-order valence-electron chi connectivity index (χ0n) is 7.81. The first kappa shape index (κ1) is 9.76. The first-order valence-electron chi connectivity index (χ1n) is 4.63. The molecule has 0 aromatic rings. The molecule has 0 aromatic carbocycles. The van der Waals surface area contributed by atoms with Crippen molar-refractivity contribution in [2.45, 2.75) is 6.42 Å². The van der Waals surface area contributed by atoms with Gasteiger partial charge in [-0.25, -0.2) is 10.0 Å². The Labute approximate surface area is 88.1 Å². The summed E-state index contributed by atoms with van der Waals surface area (Å²) >= 11 is 4.96. The molecule has 0 atom stereocenters. The van der Waals surface area contributed by atoms with Crippen molar-refractivity contribution in [2.75, 3.05) is 26.3 Å². The zero-order valence-corrected chi connectivity index (χ0v) is 8.63. The molecule has 76 valence electrons. The van der Waals surface area contributed by atoms with E-state index in [2.05, 4.69) is 0 Å². The Balaban J connectivity index is 2.05. The summed E-state index contributed by atoms with van der Waals surface area (Å²) in [6.45, 7) is 2.90. The minimum atomic E-state index is 0.0550. The second kappa shape index (κ2) is 4.16. The maximum absolute atomic E-state index is 11.6. The Hall–Kier alpha value is -0.780. The molecule has 4 nitrogen and oxygen atoms in total. The van der Waals surface area contributed by atoms with Gasteiger partial charge in [-0.3, -0.25) is 4.79 Å². The summed E-state index contributed by atoms with van der Waals surface area (Å²) in [4.78, 5) is 12.3. The van der Waals surface area contributed by atoms with Crippen LogP contribution in [0.4, 0.5) is 0 Å². The highest BCUT2D eigenvalue weighted by molar-refractivity contribution is 7.80. The van der Waals surface area contributed by atoms with Crippen molar-refractivity contribution in [1.82, 2.24) is 10.0 Å². The number of ether oxygens (including phenoxy) is 1. The van der Waals surface area contributed by atoms with E-state index < -0.39 is 0 Å². The van der Waals surface area contributed by atoms with Crippen LogP contribution >= 0.6 is 12.2 Å². The van der Waals surface area contributed by atoms with Crippen molar-refractivity contribution in [3.05, 3.63) is 12.3 Å². The fraction of sp³-hybridized carbons (Fsp3) is 0.556. The number of hydrogen-bond donors (Lipinski definition) is 0. The van der Waals surface area contributed by atoms with Gasteiger partial charge in [-0.15, -0.1) is 0 Å². The lowest BCUT2D eigenvalue weighted by Gasteiger charge is -2.36. The molecule has 2 aliphatic heterocycles. The number of rotatable bonds is 1. The third kappa shape index (κ3) is 2.00. The Kier molecular flexibility index (Phi) is 2.90. The number of allylic oxidation sites excluding steroid dienone is 1. The summed E-state index contributed by atoms with van der Waals surface area (Å²) in [7, 11) is 0. The average Bonchev–Trinajstić information content (AvgIpc) is 2.19. The topological polar surface area (TPSA) is 32.8 Å². The van der Waals surface area contributed by atoms with Crippen LogP contribution in [-0.4, -0.2) is 47.1 Å². The highest BCUT2D eigenvalue weighted by Gasteiger charge is 2.24. The first-order valence-corrected chi connectivity index (χ1v) is 5.04. The van der Waals surface area contributed by atoms with Crippen molar-refractivity contribution in [2.24, 2.45) is 0 Å². The number of nitrogens with zero attached hydrogens (tertiary/aromatic N) is 2. The third-order valence-corrected chi connectivity index (χ3v) is 2.56. The summed E-state index contributed by atoms with van der Waals surface area (Å²) in [5.74, 6) is 0.0550. The molecule has 2 rings (SSSR count). The Morgan fingerprint density at radius 2 is 2.07 bits per heavy atom. The third-order valence-electron chi connectivity index (χ3n) is 2.27. The molecule has 1 saturated heterocycles. The number of amides is 1. The van der Waals surface area contributed by atoms with Crippen LogP contribution in [0.5, 0.6) is 0 Å². The summed E-state index contributed by atoms with van der Waals surface area (Å²) in [6, 6.07) is 0. The summed E-state index contributed by atoms with van der Waals surface area (Å²) < 4.78 is 5.22. The molecule has 1 fully saturated rings. The predicted molar refractivity (Wildman–Crippen MR) is 55.6 cm³/mol. The van der Waals surface area contributed by atoms with Gasteiger partial charge in [-0.2, -0.15) is 0 Å². The molecular weight excluding hydrogens is 200 g/mol. The van der Waals surface area contributed by atoms with E-state index in [1.807, 2.05) is 11.1 Å². The van der Waals surface area contributed by atoms with Crippen molar-refractivity contribution in [3.8, 4) is 0 Å². The fourth-order valence-electron chi connectivity index (χ4n) is 1.55. The van der Waals surface area contributed by atoms with Crippen molar-refractivity contribution >= 4 is 23.0 Å². The number of thiocarbonyl (C=S) groups is 1. The van der Waals surface area contributed by atoms with Crippen LogP contribution in [0.25, 0.3) is 0 Å². The van der Waals surface area contributed by atoms with Gasteiger partial charge in [0.15, 0.2) is 0 Å². The Morgan fingerprint density at radius 1 is 1.36 bits per heavy atom. The molecular formula is C9H12N2O2S. The quantitative estimate of drug-likeness (QED) is 0.587. The Bertz CT molecular complexity index is 285. The summed E-state index contributed by atoms with van der Waals surface area (Å²) in [6.07, 6.45) is 3.91. The molecule has 0 saturated carbocycles. The summed E-state index contributed by atoms with van der Waals surface area (Å²) in [5, 5.41) is 3.64. The van der Waals surface area contributed by atoms with Crippen molar-refractivity contribution in [1.29, 1.82) is 0 Å². The van der Waals surface area contributed by atoms with Crippen LogP contribution in [0, 0.1) is 0 Å². The van der Waals surface area contributed by atoms with Gasteiger partial charge in [-0.1, -0.05) is 12.2 Å². The predicted octanol–water partition coefficient (Wildman–Crippen LogP) is 0.350. The minimum Gasteiger partial charge on any atom is -0.379 e. The number of carbonyl (C=O) groups excluding carboxylic acids is 1. The second-order valence-electron chi connectivity index (χ2n) is 3.26. The maximum atomic E-state index is 11.6. The molecule has 0 radical (unpaired) electrons. The number of hydrazine groups is 1. The normalized spacial score (nSPS) is 24.4. The number of hydrogen-bond acceptors (Lipinski definition) is 4. The molecule has 1 amide bonds. The molecule has 0 aromatic heterocycles. The number of morpholine rings is 1. The lowest BCUT2D eigenvalue weighted by Crippen LogP contribution is -2.50. The molecule has 0 aliphatic carbocycles. The van der Waals surface area contributed by atoms with Crippen LogP contribution in [0.3, 0.4) is 0 Å². The molecule has 2 heterocycles. The fourth-order valence-corrected chi connectivity index (χ4v) is 1.73. The molecule has 2 aliphatic rings. The van der Waals surface area contributed by atoms with Crippen LogP contribution in [0.1, 0.15) is 6.42 Å². The second-order valence-corrected chi connectivity index (χ2v) is 3.79.